The van der Waals surface area contributed by atoms with E-state index in [2.05, 4.69) is 14.9 Å². The van der Waals surface area contributed by atoms with E-state index in [9.17, 15) is 13.2 Å². The number of pyridine rings is 2. The van der Waals surface area contributed by atoms with E-state index in [1.54, 1.807) is 6.20 Å². The SMILES string of the molecule is Cc1c(-c2ccccn2)nn2c1CN(Cc1ccc(C(F)(F)F)nc1)CC2. The Balaban J connectivity index is 1.51. The summed E-state index contributed by atoms with van der Waals surface area (Å²) in [7, 11) is 0. The van der Waals surface area contributed by atoms with Crippen LogP contribution in [0.1, 0.15) is 22.5 Å². The maximum Gasteiger partial charge on any atom is 0.433 e. The van der Waals surface area contributed by atoms with E-state index in [4.69, 9.17) is 5.10 Å². The maximum atomic E-state index is 12.6. The lowest BCUT2D eigenvalue weighted by molar-refractivity contribution is -0.141. The monoisotopic (exact) mass is 373 g/mol. The van der Waals surface area contributed by atoms with Gasteiger partial charge in [0.1, 0.15) is 11.4 Å². The summed E-state index contributed by atoms with van der Waals surface area (Å²) in [6, 6.07) is 8.27. The van der Waals surface area contributed by atoms with Gasteiger partial charge in [0.05, 0.1) is 17.9 Å². The van der Waals surface area contributed by atoms with Crippen LogP contribution in [-0.2, 0) is 25.8 Å². The van der Waals surface area contributed by atoms with Crippen molar-refractivity contribution in [3.8, 4) is 11.4 Å². The Morgan fingerprint density at radius 3 is 2.59 bits per heavy atom. The van der Waals surface area contributed by atoms with Crippen molar-refractivity contribution in [3.05, 3.63) is 65.2 Å². The summed E-state index contributed by atoms with van der Waals surface area (Å²) in [6.07, 6.45) is -1.35. The smallest absolute Gasteiger partial charge is 0.291 e. The first-order chi connectivity index (χ1) is 12.9. The zero-order valence-corrected chi connectivity index (χ0v) is 14.7. The quantitative estimate of drug-likeness (QED) is 0.703. The Bertz CT molecular complexity index is 932. The van der Waals surface area contributed by atoms with Gasteiger partial charge in [-0.15, -0.1) is 0 Å². The van der Waals surface area contributed by atoms with Crippen LogP contribution in [0.4, 0.5) is 13.2 Å². The lowest BCUT2D eigenvalue weighted by Gasteiger charge is -2.28. The van der Waals surface area contributed by atoms with Gasteiger partial charge in [-0.25, -0.2) is 0 Å². The number of aromatic nitrogens is 4. The summed E-state index contributed by atoms with van der Waals surface area (Å²) in [5.41, 5.74) is 3.82. The van der Waals surface area contributed by atoms with Gasteiger partial charge in [0, 0.05) is 37.6 Å². The van der Waals surface area contributed by atoms with Crippen molar-refractivity contribution in [2.75, 3.05) is 6.54 Å². The van der Waals surface area contributed by atoms with Crippen LogP contribution in [0.25, 0.3) is 11.4 Å². The molecule has 0 N–H and O–H groups in total. The normalized spacial score (nSPS) is 15.0. The fourth-order valence-corrected chi connectivity index (χ4v) is 3.32. The van der Waals surface area contributed by atoms with Crippen molar-refractivity contribution in [3.63, 3.8) is 0 Å². The molecule has 0 aliphatic carbocycles. The third-order valence-corrected chi connectivity index (χ3v) is 4.75. The number of fused-ring (bicyclic) bond motifs is 1. The molecule has 1 aliphatic heterocycles. The summed E-state index contributed by atoms with van der Waals surface area (Å²) >= 11 is 0. The van der Waals surface area contributed by atoms with Crippen LogP contribution >= 0.6 is 0 Å². The van der Waals surface area contributed by atoms with Crippen LogP contribution in [0.15, 0.2) is 42.7 Å². The Morgan fingerprint density at radius 1 is 1.07 bits per heavy atom. The minimum absolute atomic E-state index is 0.550. The standard InChI is InChI=1S/C19H18F3N5/c1-13-16-12-26(11-14-5-6-17(24-10-14)19(20,21)22)8-9-27(16)25-18(13)15-4-2-3-7-23-15/h2-7,10H,8-9,11-12H2,1H3. The Hall–Kier alpha value is -2.74. The second kappa shape index (κ2) is 6.77. The highest BCUT2D eigenvalue weighted by Crippen LogP contribution is 2.28. The molecule has 0 bridgehead atoms. The zero-order chi connectivity index (χ0) is 19.0. The van der Waals surface area contributed by atoms with Crippen LogP contribution in [0.3, 0.4) is 0 Å². The average Bonchev–Trinajstić information content (AvgIpc) is 2.99. The van der Waals surface area contributed by atoms with Gasteiger partial charge in [-0.1, -0.05) is 12.1 Å². The predicted octanol–water partition coefficient (Wildman–Crippen LogP) is 3.68. The van der Waals surface area contributed by atoms with Crippen LogP contribution in [-0.4, -0.2) is 31.2 Å². The highest BCUT2D eigenvalue weighted by atomic mass is 19.4. The maximum absolute atomic E-state index is 12.6. The molecule has 0 spiro atoms. The van der Waals surface area contributed by atoms with Crippen molar-refractivity contribution in [1.82, 2.24) is 24.6 Å². The van der Waals surface area contributed by atoms with Crippen molar-refractivity contribution in [2.45, 2.75) is 32.7 Å². The van der Waals surface area contributed by atoms with Crippen molar-refractivity contribution in [1.29, 1.82) is 0 Å². The Labute approximate surface area is 154 Å². The van der Waals surface area contributed by atoms with E-state index < -0.39 is 11.9 Å². The lowest BCUT2D eigenvalue weighted by Crippen LogP contribution is -2.33. The molecule has 5 nitrogen and oxygen atoms in total. The zero-order valence-electron chi connectivity index (χ0n) is 14.7. The number of hydrogen-bond acceptors (Lipinski definition) is 4. The molecule has 0 saturated heterocycles. The van der Waals surface area contributed by atoms with Crippen molar-refractivity contribution < 1.29 is 13.2 Å². The minimum atomic E-state index is -4.41. The minimum Gasteiger partial charge on any atom is -0.291 e. The fraction of sp³-hybridized carbons (Fsp3) is 0.316. The van der Waals surface area contributed by atoms with E-state index >= 15 is 0 Å². The largest absolute Gasteiger partial charge is 0.433 e. The second-order valence-corrected chi connectivity index (χ2v) is 6.62. The third-order valence-electron chi connectivity index (χ3n) is 4.75. The van der Waals surface area contributed by atoms with Gasteiger partial charge in [0.25, 0.3) is 0 Å². The van der Waals surface area contributed by atoms with Gasteiger partial charge < -0.3 is 0 Å². The number of halogens is 3. The highest BCUT2D eigenvalue weighted by Gasteiger charge is 2.32. The van der Waals surface area contributed by atoms with Gasteiger partial charge in [-0.05, 0) is 30.7 Å². The molecule has 0 unspecified atom stereocenters. The van der Waals surface area contributed by atoms with E-state index in [0.29, 0.717) is 13.1 Å². The topological polar surface area (TPSA) is 46.8 Å². The number of nitrogens with zero attached hydrogens (tertiary/aromatic N) is 5. The lowest BCUT2D eigenvalue weighted by atomic mass is 10.1. The molecule has 3 aromatic heterocycles. The molecule has 8 heteroatoms. The first-order valence-electron chi connectivity index (χ1n) is 8.64. The number of hydrogen-bond donors (Lipinski definition) is 0. The Morgan fingerprint density at radius 2 is 1.93 bits per heavy atom. The average molecular weight is 373 g/mol. The summed E-state index contributed by atoms with van der Waals surface area (Å²) in [6.45, 7) is 4.78. The first kappa shape index (κ1) is 17.7. The van der Waals surface area contributed by atoms with Gasteiger partial charge in [-0.3, -0.25) is 19.5 Å². The summed E-state index contributed by atoms with van der Waals surface area (Å²) in [5.74, 6) is 0. The molecule has 0 saturated carbocycles. The number of rotatable bonds is 3. The van der Waals surface area contributed by atoms with Crippen LogP contribution in [0.2, 0.25) is 0 Å². The van der Waals surface area contributed by atoms with E-state index in [-0.39, 0.29) is 0 Å². The fourth-order valence-electron chi connectivity index (χ4n) is 3.32. The van der Waals surface area contributed by atoms with Gasteiger partial charge >= 0.3 is 6.18 Å². The van der Waals surface area contributed by atoms with Crippen molar-refractivity contribution >= 4 is 0 Å². The number of alkyl halides is 3. The van der Waals surface area contributed by atoms with Gasteiger partial charge in [0.2, 0.25) is 0 Å². The molecule has 0 aromatic carbocycles. The van der Waals surface area contributed by atoms with Crippen molar-refractivity contribution in [2.24, 2.45) is 0 Å². The third kappa shape index (κ3) is 3.57. The van der Waals surface area contributed by atoms with Gasteiger partial charge in [0.15, 0.2) is 0 Å². The van der Waals surface area contributed by atoms with Crippen LogP contribution < -0.4 is 0 Å². The molecule has 140 valence electrons. The molecule has 27 heavy (non-hydrogen) atoms. The molecule has 4 heterocycles. The molecule has 1 aliphatic rings. The predicted molar refractivity (Wildman–Crippen MR) is 93.5 cm³/mol. The summed E-state index contributed by atoms with van der Waals surface area (Å²) in [4.78, 5) is 10.1. The van der Waals surface area contributed by atoms with Crippen LogP contribution in [0, 0.1) is 6.92 Å². The first-order valence-corrected chi connectivity index (χ1v) is 8.64. The molecular formula is C19H18F3N5. The highest BCUT2D eigenvalue weighted by molar-refractivity contribution is 5.59. The van der Waals surface area contributed by atoms with E-state index in [1.807, 2.05) is 29.8 Å². The molecular weight excluding hydrogens is 355 g/mol. The van der Waals surface area contributed by atoms with E-state index in [1.165, 1.54) is 12.3 Å². The molecule has 0 amide bonds. The van der Waals surface area contributed by atoms with E-state index in [0.717, 1.165) is 47.4 Å². The molecule has 4 rings (SSSR count). The second-order valence-electron chi connectivity index (χ2n) is 6.62. The Kier molecular flexibility index (Phi) is 4.43. The summed E-state index contributed by atoms with van der Waals surface area (Å²) < 4.78 is 39.9. The van der Waals surface area contributed by atoms with Crippen LogP contribution in [0.5, 0.6) is 0 Å². The molecule has 0 radical (unpaired) electrons. The van der Waals surface area contributed by atoms with Gasteiger partial charge in [-0.2, -0.15) is 18.3 Å². The molecule has 3 aromatic rings. The summed E-state index contributed by atoms with van der Waals surface area (Å²) in [5, 5.41) is 4.69. The molecule has 0 atom stereocenters. The molecule has 0 fully saturated rings.